The van der Waals surface area contributed by atoms with Gasteiger partial charge in [-0.3, -0.25) is 4.79 Å². The van der Waals surface area contributed by atoms with Gasteiger partial charge in [0.2, 0.25) is 5.91 Å². The Balaban J connectivity index is 2.86. The Hall–Kier alpha value is -1.10. The first-order chi connectivity index (χ1) is 7.66. The topological polar surface area (TPSA) is 83.6 Å². The standard InChI is InChI=1S/C12H22N2O3/c1-7-5-6-14(8(7)11(16)17)10(15)9(13)12(2,3)4/h7-9H,5-6,13H2,1-4H3,(H,16,17). The fraction of sp³-hybridized carbons (Fsp3) is 0.833. The molecule has 3 N–H and O–H groups in total. The molecule has 1 rings (SSSR count). The molecule has 0 aliphatic carbocycles. The SMILES string of the molecule is CC1CCN(C(=O)C(N)C(C)(C)C)C1C(=O)O. The van der Waals surface area contributed by atoms with Crippen molar-refractivity contribution in [2.75, 3.05) is 6.54 Å². The molecule has 1 aliphatic heterocycles. The zero-order chi connectivity index (χ0) is 13.4. The Bertz CT molecular complexity index is 322. The van der Waals surface area contributed by atoms with E-state index in [4.69, 9.17) is 10.8 Å². The Morgan fingerprint density at radius 1 is 1.41 bits per heavy atom. The molecule has 1 heterocycles. The molecule has 5 nitrogen and oxygen atoms in total. The summed E-state index contributed by atoms with van der Waals surface area (Å²) in [6.07, 6.45) is 0.722. The second kappa shape index (κ2) is 4.64. The Labute approximate surface area is 102 Å². The average molecular weight is 242 g/mol. The summed E-state index contributed by atoms with van der Waals surface area (Å²) in [7, 11) is 0. The van der Waals surface area contributed by atoms with E-state index in [9.17, 15) is 9.59 Å². The number of likely N-dealkylation sites (tertiary alicyclic amines) is 1. The zero-order valence-corrected chi connectivity index (χ0v) is 10.9. The quantitative estimate of drug-likeness (QED) is 0.746. The number of rotatable bonds is 2. The third kappa shape index (κ3) is 2.77. The summed E-state index contributed by atoms with van der Waals surface area (Å²) in [5, 5.41) is 9.15. The minimum Gasteiger partial charge on any atom is -0.480 e. The molecule has 0 spiro atoms. The number of amides is 1. The van der Waals surface area contributed by atoms with E-state index in [0.29, 0.717) is 6.54 Å². The van der Waals surface area contributed by atoms with Gasteiger partial charge in [0.15, 0.2) is 0 Å². The van der Waals surface area contributed by atoms with Crippen LogP contribution in [0, 0.1) is 11.3 Å². The van der Waals surface area contributed by atoms with Crippen LogP contribution in [0.2, 0.25) is 0 Å². The summed E-state index contributed by atoms with van der Waals surface area (Å²) in [4.78, 5) is 24.8. The maximum Gasteiger partial charge on any atom is 0.326 e. The molecule has 0 saturated carbocycles. The van der Waals surface area contributed by atoms with E-state index >= 15 is 0 Å². The second-order valence-electron chi connectivity index (χ2n) is 5.92. The molecule has 0 aromatic carbocycles. The van der Waals surface area contributed by atoms with Crippen LogP contribution < -0.4 is 5.73 Å². The number of hydrogen-bond acceptors (Lipinski definition) is 3. The molecule has 5 heteroatoms. The summed E-state index contributed by atoms with van der Waals surface area (Å²) in [6, 6.07) is -1.38. The van der Waals surface area contributed by atoms with Gasteiger partial charge in [0.05, 0.1) is 6.04 Å². The number of carboxylic acid groups (broad SMARTS) is 1. The maximum absolute atomic E-state index is 12.2. The lowest BCUT2D eigenvalue weighted by Gasteiger charge is -2.32. The number of hydrogen-bond donors (Lipinski definition) is 2. The molecule has 0 aromatic rings. The first-order valence-corrected chi connectivity index (χ1v) is 5.95. The van der Waals surface area contributed by atoms with Crippen molar-refractivity contribution in [3.63, 3.8) is 0 Å². The van der Waals surface area contributed by atoms with Crippen molar-refractivity contribution in [3.8, 4) is 0 Å². The average Bonchev–Trinajstić information content (AvgIpc) is 2.56. The van der Waals surface area contributed by atoms with Gasteiger partial charge in [0, 0.05) is 6.54 Å². The van der Waals surface area contributed by atoms with Gasteiger partial charge in [0.25, 0.3) is 0 Å². The first kappa shape index (κ1) is 14.0. The van der Waals surface area contributed by atoms with Crippen LogP contribution in [0.4, 0.5) is 0 Å². The van der Waals surface area contributed by atoms with E-state index in [1.165, 1.54) is 4.90 Å². The van der Waals surface area contributed by atoms with Crippen LogP contribution in [0.5, 0.6) is 0 Å². The van der Waals surface area contributed by atoms with Crippen molar-refractivity contribution in [1.82, 2.24) is 4.90 Å². The number of nitrogens with two attached hydrogens (primary N) is 1. The highest BCUT2D eigenvalue weighted by Gasteiger charge is 2.42. The van der Waals surface area contributed by atoms with Gasteiger partial charge < -0.3 is 15.7 Å². The highest BCUT2D eigenvalue weighted by Crippen LogP contribution is 2.27. The molecule has 1 fully saturated rings. The largest absolute Gasteiger partial charge is 0.480 e. The molecule has 17 heavy (non-hydrogen) atoms. The molecule has 0 radical (unpaired) electrons. The normalized spacial score (nSPS) is 27.0. The summed E-state index contributed by atoms with van der Waals surface area (Å²) >= 11 is 0. The van der Waals surface area contributed by atoms with Crippen molar-refractivity contribution >= 4 is 11.9 Å². The van der Waals surface area contributed by atoms with Crippen molar-refractivity contribution < 1.29 is 14.7 Å². The lowest BCUT2D eigenvalue weighted by molar-refractivity contribution is -0.150. The number of nitrogens with zero attached hydrogens (tertiary/aromatic N) is 1. The van der Waals surface area contributed by atoms with E-state index in [1.54, 1.807) is 0 Å². The van der Waals surface area contributed by atoms with Crippen LogP contribution >= 0.6 is 0 Å². The van der Waals surface area contributed by atoms with E-state index in [2.05, 4.69) is 0 Å². The zero-order valence-electron chi connectivity index (χ0n) is 10.9. The summed E-state index contributed by atoms with van der Waals surface area (Å²) in [5.41, 5.74) is 5.54. The molecular weight excluding hydrogens is 220 g/mol. The van der Waals surface area contributed by atoms with E-state index < -0.39 is 18.1 Å². The van der Waals surface area contributed by atoms with Crippen LogP contribution in [-0.4, -0.2) is 40.5 Å². The smallest absolute Gasteiger partial charge is 0.326 e. The Kier molecular flexibility index (Phi) is 3.81. The fourth-order valence-electron chi connectivity index (χ4n) is 2.12. The fourth-order valence-corrected chi connectivity index (χ4v) is 2.12. The van der Waals surface area contributed by atoms with Gasteiger partial charge in [0.1, 0.15) is 6.04 Å². The van der Waals surface area contributed by atoms with E-state index in [0.717, 1.165) is 6.42 Å². The lowest BCUT2D eigenvalue weighted by Crippen LogP contribution is -2.54. The van der Waals surface area contributed by atoms with E-state index in [-0.39, 0.29) is 17.2 Å². The number of carbonyl (C=O) groups is 2. The number of carbonyl (C=O) groups excluding carboxylic acids is 1. The molecule has 98 valence electrons. The Morgan fingerprint density at radius 2 is 1.94 bits per heavy atom. The maximum atomic E-state index is 12.2. The summed E-state index contributed by atoms with van der Waals surface area (Å²) < 4.78 is 0. The first-order valence-electron chi connectivity index (χ1n) is 5.95. The van der Waals surface area contributed by atoms with Crippen molar-refractivity contribution in [2.24, 2.45) is 17.1 Å². The van der Waals surface area contributed by atoms with Gasteiger partial charge in [-0.25, -0.2) is 4.79 Å². The number of carboxylic acids is 1. The van der Waals surface area contributed by atoms with E-state index in [1.807, 2.05) is 27.7 Å². The van der Waals surface area contributed by atoms with Crippen LogP contribution in [0.3, 0.4) is 0 Å². The van der Waals surface area contributed by atoms with Crippen molar-refractivity contribution in [1.29, 1.82) is 0 Å². The van der Waals surface area contributed by atoms with Crippen LogP contribution in [-0.2, 0) is 9.59 Å². The molecular formula is C12H22N2O3. The minimum absolute atomic E-state index is 0.0105. The summed E-state index contributed by atoms with van der Waals surface area (Å²) in [6.45, 7) is 7.98. The Morgan fingerprint density at radius 3 is 2.35 bits per heavy atom. The van der Waals surface area contributed by atoms with Crippen LogP contribution in [0.1, 0.15) is 34.1 Å². The van der Waals surface area contributed by atoms with Crippen LogP contribution in [0.15, 0.2) is 0 Å². The third-order valence-corrected chi connectivity index (χ3v) is 3.44. The number of aliphatic carboxylic acids is 1. The van der Waals surface area contributed by atoms with Crippen molar-refractivity contribution in [2.45, 2.75) is 46.2 Å². The lowest BCUT2D eigenvalue weighted by atomic mass is 9.86. The predicted octanol–water partition coefficient (Wildman–Crippen LogP) is 0.681. The van der Waals surface area contributed by atoms with Gasteiger partial charge in [-0.15, -0.1) is 0 Å². The molecule has 3 unspecified atom stereocenters. The van der Waals surface area contributed by atoms with Gasteiger partial charge >= 0.3 is 5.97 Å². The summed E-state index contributed by atoms with van der Waals surface area (Å²) in [5.74, 6) is -1.21. The van der Waals surface area contributed by atoms with Crippen LogP contribution in [0.25, 0.3) is 0 Å². The molecule has 1 saturated heterocycles. The second-order valence-corrected chi connectivity index (χ2v) is 5.92. The molecule has 3 atom stereocenters. The van der Waals surface area contributed by atoms with Gasteiger partial charge in [-0.1, -0.05) is 27.7 Å². The predicted molar refractivity (Wildman–Crippen MR) is 64.3 cm³/mol. The van der Waals surface area contributed by atoms with Crippen molar-refractivity contribution in [3.05, 3.63) is 0 Å². The van der Waals surface area contributed by atoms with Gasteiger partial charge in [-0.05, 0) is 17.8 Å². The minimum atomic E-state index is -0.940. The molecule has 0 bridgehead atoms. The monoisotopic (exact) mass is 242 g/mol. The van der Waals surface area contributed by atoms with Gasteiger partial charge in [-0.2, -0.15) is 0 Å². The highest BCUT2D eigenvalue weighted by atomic mass is 16.4. The molecule has 1 aliphatic rings. The third-order valence-electron chi connectivity index (χ3n) is 3.44. The molecule has 1 amide bonds. The highest BCUT2D eigenvalue weighted by molar-refractivity contribution is 5.88. The molecule has 0 aromatic heterocycles.